The minimum Gasteiger partial charge on any atom is -0.364 e. The molecule has 0 radical (unpaired) electrons. The lowest BCUT2D eigenvalue weighted by molar-refractivity contribution is 0.428. The Labute approximate surface area is 142 Å². The van der Waals surface area contributed by atoms with Crippen LogP contribution in [-0.2, 0) is 6.54 Å². The zero-order valence-corrected chi connectivity index (χ0v) is 13.7. The second-order valence-corrected chi connectivity index (χ2v) is 6.37. The Hall–Kier alpha value is -2.46. The molecule has 0 bridgehead atoms. The Balaban J connectivity index is 1.69. The van der Waals surface area contributed by atoms with Crippen LogP contribution in [0.15, 0.2) is 61.2 Å². The number of piperidine rings is 1. The fourth-order valence-corrected chi connectivity index (χ4v) is 3.48. The van der Waals surface area contributed by atoms with E-state index in [-0.39, 0.29) is 0 Å². The van der Waals surface area contributed by atoms with Gasteiger partial charge in [-0.15, -0.1) is 0 Å². The molecule has 2 aromatic heterocycles. The van der Waals surface area contributed by atoms with Gasteiger partial charge in [0, 0.05) is 48.4 Å². The number of aromatic nitrogens is 2. The molecule has 24 heavy (non-hydrogen) atoms. The number of rotatable bonds is 4. The summed E-state index contributed by atoms with van der Waals surface area (Å²) in [6.45, 7) is 3.10. The van der Waals surface area contributed by atoms with E-state index < -0.39 is 0 Å². The van der Waals surface area contributed by atoms with Crippen LogP contribution in [0.25, 0.3) is 10.8 Å². The van der Waals surface area contributed by atoms with Gasteiger partial charge in [0.15, 0.2) is 0 Å². The van der Waals surface area contributed by atoms with E-state index in [2.05, 4.69) is 56.6 Å². The highest BCUT2D eigenvalue weighted by Crippen LogP contribution is 2.27. The summed E-state index contributed by atoms with van der Waals surface area (Å²) < 4.78 is 0. The fraction of sp³-hybridized carbons (Fsp3) is 0.300. The lowest BCUT2D eigenvalue weighted by Crippen LogP contribution is -2.43. The number of anilines is 1. The molecule has 1 saturated heterocycles. The van der Waals surface area contributed by atoms with Crippen LogP contribution in [0.4, 0.5) is 5.69 Å². The Kier molecular flexibility index (Phi) is 4.38. The Morgan fingerprint density at radius 2 is 1.71 bits per heavy atom. The molecular formula is C20H22N4. The molecule has 3 aromatic rings. The molecule has 4 heteroatoms. The highest BCUT2D eigenvalue weighted by molar-refractivity contribution is 5.85. The first-order chi connectivity index (χ1) is 11.9. The third-order valence-corrected chi connectivity index (χ3v) is 4.81. The standard InChI is InChI=1S/C20H22N4/c1-2-20(13-17-5-10-23-14-18(1)17)24(19-6-11-22-12-7-19)15-16-3-8-21-9-4-16/h1-5,8-10,13-14,19,22H,6-7,11-12,15H2. The maximum atomic E-state index is 4.22. The van der Waals surface area contributed by atoms with Gasteiger partial charge >= 0.3 is 0 Å². The topological polar surface area (TPSA) is 41.1 Å². The van der Waals surface area contributed by atoms with E-state index >= 15 is 0 Å². The van der Waals surface area contributed by atoms with E-state index in [4.69, 9.17) is 0 Å². The van der Waals surface area contributed by atoms with Gasteiger partial charge in [-0.25, -0.2) is 0 Å². The summed E-state index contributed by atoms with van der Waals surface area (Å²) in [5.74, 6) is 0. The van der Waals surface area contributed by atoms with Crippen LogP contribution in [-0.4, -0.2) is 29.1 Å². The molecule has 0 atom stereocenters. The van der Waals surface area contributed by atoms with Crippen LogP contribution in [0, 0.1) is 0 Å². The minimum absolute atomic E-state index is 0.568. The molecule has 1 fully saturated rings. The fourth-order valence-electron chi connectivity index (χ4n) is 3.48. The van der Waals surface area contributed by atoms with Crippen LogP contribution in [0.1, 0.15) is 18.4 Å². The molecule has 0 amide bonds. The van der Waals surface area contributed by atoms with Crippen molar-refractivity contribution in [3.8, 4) is 0 Å². The van der Waals surface area contributed by atoms with Gasteiger partial charge in [-0.3, -0.25) is 9.97 Å². The monoisotopic (exact) mass is 318 g/mol. The van der Waals surface area contributed by atoms with Crippen molar-refractivity contribution in [2.45, 2.75) is 25.4 Å². The summed E-state index contributed by atoms with van der Waals surface area (Å²) in [4.78, 5) is 10.9. The van der Waals surface area contributed by atoms with Crippen molar-refractivity contribution in [3.05, 3.63) is 66.7 Å². The first-order valence-corrected chi connectivity index (χ1v) is 8.60. The third-order valence-electron chi connectivity index (χ3n) is 4.81. The quantitative estimate of drug-likeness (QED) is 0.800. The summed E-state index contributed by atoms with van der Waals surface area (Å²) in [6, 6.07) is 13.6. The molecule has 122 valence electrons. The van der Waals surface area contributed by atoms with E-state index in [1.54, 1.807) is 0 Å². The maximum absolute atomic E-state index is 4.22. The van der Waals surface area contributed by atoms with Gasteiger partial charge in [0.1, 0.15) is 0 Å². The molecule has 1 aliphatic rings. The van der Waals surface area contributed by atoms with E-state index in [1.807, 2.05) is 24.8 Å². The van der Waals surface area contributed by atoms with Gasteiger partial charge in [0.2, 0.25) is 0 Å². The SMILES string of the molecule is c1cc(CN(c2ccc3cnccc3c2)C2CCNCC2)ccn1. The molecule has 1 aliphatic heterocycles. The first kappa shape index (κ1) is 15.1. The van der Waals surface area contributed by atoms with Gasteiger partial charge in [0.25, 0.3) is 0 Å². The summed E-state index contributed by atoms with van der Waals surface area (Å²) in [5, 5.41) is 5.91. The van der Waals surface area contributed by atoms with Gasteiger partial charge < -0.3 is 10.2 Å². The van der Waals surface area contributed by atoms with Crippen LogP contribution < -0.4 is 10.2 Å². The number of nitrogens with one attached hydrogen (secondary N) is 1. The van der Waals surface area contributed by atoms with E-state index in [9.17, 15) is 0 Å². The highest BCUT2D eigenvalue weighted by Gasteiger charge is 2.21. The first-order valence-electron chi connectivity index (χ1n) is 8.60. The minimum atomic E-state index is 0.568. The number of hydrogen-bond donors (Lipinski definition) is 1. The molecule has 0 aliphatic carbocycles. The molecule has 1 aromatic carbocycles. The lowest BCUT2D eigenvalue weighted by atomic mass is 10.0. The zero-order valence-electron chi connectivity index (χ0n) is 13.7. The van der Waals surface area contributed by atoms with Crippen molar-refractivity contribution in [2.75, 3.05) is 18.0 Å². The van der Waals surface area contributed by atoms with Crippen LogP contribution in [0.2, 0.25) is 0 Å². The Morgan fingerprint density at radius 1 is 0.917 bits per heavy atom. The summed E-state index contributed by atoms with van der Waals surface area (Å²) in [5.41, 5.74) is 2.59. The van der Waals surface area contributed by atoms with Gasteiger partial charge in [0.05, 0.1) is 0 Å². The average Bonchev–Trinajstić information content (AvgIpc) is 2.67. The molecule has 0 spiro atoms. The predicted molar refractivity (Wildman–Crippen MR) is 98.1 cm³/mol. The van der Waals surface area contributed by atoms with Crippen molar-refractivity contribution >= 4 is 16.5 Å². The predicted octanol–water partition coefficient (Wildman–Crippen LogP) is 3.39. The van der Waals surface area contributed by atoms with E-state index in [0.29, 0.717) is 6.04 Å². The highest BCUT2D eigenvalue weighted by atomic mass is 15.2. The van der Waals surface area contributed by atoms with Gasteiger partial charge in [-0.05, 0) is 67.2 Å². The van der Waals surface area contributed by atoms with Crippen molar-refractivity contribution in [3.63, 3.8) is 0 Å². The van der Waals surface area contributed by atoms with E-state index in [1.165, 1.54) is 34.9 Å². The smallest absolute Gasteiger partial charge is 0.0433 e. The zero-order chi connectivity index (χ0) is 16.2. The van der Waals surface area contributed by atoms with Gasteiger partial charge in [-0.1, -0.05) is 6.07 Å². The van der Waals surface area contributed by atoms with Crippen LogP contribution >= 0.6 is 0 Å². The number of hydrogen-bond acceptors (Lipinski definition) is 4. The number of pyridine rings is 2. The number of fused-ring (bicyclic) bond motifs is 1. The number of nitrogens with zero attached hydrogens (tertiary/aromatic N) is 3. The lowest BCUT2D eigenvalue weighted by Gasteiger charge is -2.36. The third kappa shape index (κ3) is 3.24. The van der Waals surface area contributed by atoms with Crippen LogP contribution in [0.3, 0.4) is 0 Å². The van der Waals surface area contributed by atoms with E-state index in [0.717, 1.165) is 19.6 Å². The Morgan fingerprint density at radius 3 is 2.54 bits per heavy atom. The molecule has 4 nitrogen and oxygen atoms in total. The van der Waals surface area contributed by atoms with Crippen molar-refractivity contribution in [2.24, 2.45) is 0 Å². The number of benzene rings is 1. The molecule has 0 unspecified atom stereocenters. The van der Waals surface area contributed by atoms with Crippen LogP contribution in [0.5, 0.6) is 0 Å². The average molecular weight is 318 g/mol. The molecule has 0 saturated carbocycles. The molecule has 1 N–H and O–H groups in total. The second kappa shape index (κ2) is 6.97. The second-order valence-electron chi connectivity index (χ2n) is 6.37. The van der Waals surface area contributed by atoms with Gasteiger partial charge in [-0.2, -0.15) is 0 Å². The van der Waals surface area contributed by atoms with Crippen molar-refractivity contribution in [1.29, 1.82) is 0 Å². The summed E-state index contributed by atoms with van der Waals surface area (Å²) >= 11 is 0. The molecular weight excluding hydrogens is 296 g/mol. The Bertz CT molecular complexity index is 797. The maximum Gasteiger partial charge on any atom is 0.0433 e. The molecule has 3 heterocycles. The van der Waals surface area contributed by atoms with Crippen molar-refractivity contribution < 1.29 is 0 Å². The summed E-state index contributed by atoms with van der Waals surface area (Å²) in [7, 11) is 0. The summed E-state index contributed by atoms with van der Waals surface area (Å²) in [6.07, 6.45) is 9.91. The largest absolute Gasteiger partial charge is 0.364 e. The normalized spacial score (nSPS) is 15.5. The van der Waals surface area contributed by atoms with Crippen molar-refractivity contribution in [1.82, 2.24) is 15.3 Å². The molecule has 4 rings (SSSR count).